The predicted octanol–water partition coefficient (Wildman–Crippen LogP) is 0.465. The maximum absolute atomic E-state index is 10.6. The molecule has 1 aliphatic heterocycles. The first-order chi connectivity index (χ1) is 8.75. The van der Waals surface area contributed by atoms with Gasteiger partial charge in [-0.3, -0.25) is 4.79 Å². The molecule has 98 valence electrons. The van der Waals surface area contributed by atoms with E-state index in [0.29, 0.717) is 19.8 Å². The zero-order valence-corrected chi connectivity index (χ0v) is 10.3. The monoisotopic (exact) mass is 250 g/mol. The molecule has 3 N–H and O–H groups in total. The van der Waals surface area contributed by atoms with E-state index in [1.54, 1.807) is 0 Å². The fourth-order valence-electron chi connectivity index (χ4n) is 1.81. The molecule has 1 aromatic rings. The molecule has 1 aliphatic rings. The lowest BCUT2D eigenvalue weighted by Crippen LogP contribution is -2.29. The molecule has 1 aromatic carbocycles. The number of carbonyl (C=O) groups is 1. The van der Waals surface area contributed by atoms with Crippen molar-refractivity contribution < 1.29 is 14.3 Å². The van der Waals surface area contributed by atoms with Crippen LogP contribution < -0.4 is 20.5 Å². The first kappa shape index (κ1) is 12.7. The number of nitrogens with one attached hydrogen (secondary N) is 1. The molecular weight excluding hydrogens is 232 g/mol. The maximum atomic E-state index is 10.6. The third-order valence-electron chi connectivity index (χ3n) is 2.70. The van der Waals surface area contributed by atoms with E-state index < -0.39 is 0 Å². The van der Waals surface area contributed by atoms with Crippen molar-refractivity contribution in [3.63, 3.8) is 0 Å². The molecule has 0 unspecified atom stereocenters. The van der Waals surface area contributed by atoms with Gasteiger partial charge in [-0.15, -0.1) is 0 Å². The number of rotatable bonds is 5. The third kappa shape index (κ3) is 3.63. The highest BCUT2D eigenvalue weighted by atomic mass is 16.5. The van der Waals surface area contributed by atoms with Gasteiger partial charge in [0, 0.05) is 6.42 Å². The minimum atomic E-state index is -0.339. The number of hydrogen-bond donors (Lipinski definition) is 2. The van der Waals surface area contributed by atoms with Crippen molar-refractivity contribution in [3.8, 4) is 11.5 Å². The summed E-state index contributed by atoms with van der Waals surface area (Å²) in [5.74, 6) is 1.27. The van der Waals surface area contributed by atoms with Crippen LogP contribution in [0.15, 0.2) is 18.2 Å². The standard InChI is InChI=1S/C13H18N2O3/c14-13(16)9-15-5-4-10-2-3-11-12(8-10)18-7-1-6-17-11/h2-3,8,15H,1,4-7,9H2,(H2,14,16). The Hall–Kier alpha value is -1.75. The van der Waals surface area contributed by atoms with Crippen molar-refractivity contribution in [2.45, 2.75) is 12.8 Å². The second-order valence-electron chi connectivity index (χ2n) is 4.22. The van der Waals surface area contributed by atoms with Gasteiger partial charge in [0.2, 0.25) is 5.91 Å². The molecule has 0 saturated heterocycles. The third-order valence-corrected chi connectivity index (χ3v) is 2.70. The van der Waals surface area contributed by atoms with Crippen LogP contribution >= 0.6 is 0 Å². The van der Waals surface area contributed by atoms with Crippen molar-refractivity contribution in [1.82, 2.24) is 5.32 Å². The SMILES string of the molecule is NC(=O)CNCCc1ccc2c(c1)OCCCO2. The van der Waals surface area contributed by atoms with Gasteiger partial charge in [-0.25, -0.2) is 0 Å². The van der Waals surface area contributed by atoms with Gasteiger partial charge >= 0.3 is 0 Å². The molecule has 0 aliphatic carbocycles. The molecule has 1 heterocycles. The average molecular weight is 250 g/mol. The van der Waals surface area contributed by atoms with E-state index in [0.717, 1.165) is 29.9 Å². The summed E-state index contributed by atoms with van der Waals surface area (Å²) in [4.78, 5) is 10.6. The van der Waals surface area contributed by atoms with Crippen molar-refractivity contribution in [3.05, 3.63) is 23.8 Å². The topological polar surface area (TPSA) is 73.6 Å². The first-order valence-corrected chi connectivity index (χ1v) is 6.13. The Labute approximate surface area is 106 Å². The number of ether oxygens (including phenoxy) is 2. The van der Waals surface area contributed by atoms with Gasteiger partial charge in [0.05, 0.1) is 19.8 Å². The number of primary amides is 1. The van der Waals surface area contributed by atoms with E-state index in [1.807, 2.05) is 18.2 Å². The summed E-state index contributed by atoms with van der Waals surface area (Å²) in [5, 5.41) is 2.98. The number of nitrogens with two attached hydrogens (primary N) is 1. The van der Waals surface area contributed by atoms with Gasteiger partial charge in [0.15, 0.2) is 11.5 Å². The Morgan fingerprint density at radius 3 is 2.83 bits per heavy atom. The van der Waals surface area contributed by atoms with Gasteiger partial charge in [0.1, 0.15) is 0 Å². The summed E-state index contributed by atoms with van der Waals surface area (Å²) < 4.78 is 11.2. The van der Waals surface area contributed by atoms with Crippen LogP contribution in [0.2, 0.25) is 0 Å². The molecule has 5 nitrogen and oxygen atoms in total. The summed E-state index contributed by atoms with van der Waals surface area (Å²) in [6.07, 6.45) is 1.73. The first-order valence-electron chi connectivity index (χ1n) is 6.13. The quantitative estimate of drug-likeness (QED) is 0.745. The predicted molar refractivity (Wildman–Crippen MR) is 67.8 cm³/mol. The fourth-order valence-corrected chi connectivity index (χ4v) is 1.81. The van der Waals surface area contributed by atoms with Crippen LogP contribution in [-0.4, -0.2) is 32.2 Å². The molecule has 0 aromatic heterocycles. The van der Waals surface area contributed by atoms with Gasteiger partial charge in [0.25, 0.3) is 0 Å². The molecular formula is C13H18N2O3. The zero-order valence-electron chi connectivity index (χ0n) is 10.3. The molecule has 0 atom stereocenters. The van der Waals surface area contributed by atoms with E-state index in [1.165, 1.54) is 0 Å². The lowest BCUT2D eigenvalue weighted by atomic mass is 10.1. The lowest BCUT2D eigenvalue weighted by Gasteiger charge is -2.09. The van der Waals surface area contributed by atoms with Crippen LogP contribution in [0.4, 0.5) is 0 Å². The fraction of sp³-hybridized carbons (Fsp3) is 0.462. The van der Waals surface area contributed by atoms with Gasteiger partial charge < -0.3 is 20.5 Å². The van der Waals surface area contributed by atoms with E-state index in [2.05, 4.69) is 5.32 Å². The Morgan fingerprint density at radius 2 is 2.06 bits per heavy atom. The highest BCUT2D eigenvalue weighted by Crippen LogP contribution is 2.30. The van der Waals surface area contributed by atoms with Crippen molar-refractivity contribution in [1.29, 1.82) is 0 Å². The minimum absolute atomic E-state index is 0.213. The summed E-state index contributed by atoms with van der Waals surface area (Å²) >= 11 is 0. The zero-order chi connectivity index (χ0) is 12.8. The van der Waals surface area contributed by atoms with Crippen LogP contribution in [0.3, 0.4) is 0 Å². The van der Waals surface area contributed by atoms with Gasteiger partial charge in [-0.1, -0.05) is 6.07 Å². The second kappa shape index (κ2) is 6.26. The number of fused-ring (bicyclic) bond motifs is 1. The van der Waals surface area contributed by atoms with Crippen molar-refractivity contribution >= 4 is 5.91 Å². The number of benzene rings is 1. The average Bonchev–Trinajstić information content (AvgIpc) is 2.59. The Morgan fingerprint density at radius 1 is 1.28 bits per heavy atom. The second-order valence-corrected chi connectivity index (χ2v) is 4.22. The highest BCUT2D eigenvalue weighted by molar-refractivity contribution is 5.75. The van der Waals surface area contributed by atoms with Crippen molar-refractivity contribution in [2.24, 2.45) is 5.73 Å². The highest BCUT2D eigenvalue weighted by Gasteiger charge is 2.10. The maximum Gasteiger partial charge on any atom is 0.231 e. The smallest absolute Gasteiger partial charge is 0.231 e. The number of hydrogen-bond acceptors (Lipinski definition) is 4. The molecule has 0 fully saturated rings. The van der Waals surface area contributed by atoms with E-state index in [9.17, 15) is 4.79 Å². The number of amides is 1. The van der Waals surface area contributed by atoms with E-state index in [-0.39, 0.29) is 12.5 Å². The summed E-state index contributed by atoms with van der Waals surface area (Å²) in [6.45, 7) is 2.32. The summed E-state index contributed by atoms with van der Waals surface area (Å²) in [6, 6.07) is 5.94. The van der Waals surface area contributed by atoms with Gasteiger partial charge in [-0.05, 0) is 30.7 Å². The Balaban J connectivity index is 1.89. The summed E-state index contributed by atoms with van der Waals surface area (Å²) in [7, 11) is 0. The molecule has 2 rings (SSSR count). The van der Waals surface area contributed by atoms with Gasteiger partial charge in [-0.2, -0.15) is 0 Å². The molecule has 0 radical (unpaired) electrons. The molecule has 0 spiro atoms. The molecule has 1 amide bonds. The molecule has 5 heteroatoms. The van der Waals surface area contributed by atoms with Crippen LogP contribution in [-0.2, 0) is 11.2 Å². The van der Waals surface area contributed by atoms with Crippen LogP contribution in [0.5, 0.6) is 11.5 Å². The van der Waals surface area contributed by atoms with E-state index in [4.69, 9.17) is 15.2 Å². The molecule has 18 heavy (non-hydrogen) atoms. The summed E-state index contributed by atoms with van der Waals surface area (Å²) in [5.41, 5.74) is 6.19. The van der Waals surface area contributed by atoms with E-state index >= 15 is 0 Å². The van der Waals surface area contributed by atoms with Crippen LogP contribution in [0.25, 0.3) is 0 Å². The minimum Gasteiger partial charge on any atom is -0.490 e. The lowest BCUT2D eigenvalue weighted by molar-refractivity contribution is -0.117. The number of carbonyl (C=O) groups excluding carboxylic acids is 1. The van der Waals surface area contributed by atoms with Crippen molar-refractivity contribution in [2.75, 3.05) is 26.3 Å². The molecule has 0 saturated carbocycles. The largest absolute Gasteiger partial charge is 0.490 e. The Kier molecular flexibility index (Phi) is 4.41. The van der Waals surface area contributed by atoms with Crippen LogP contribution in [0, 0.1) is 0 Å². The normalized spacial score (nSPS) is 14.0. The van der Waals surface area contributed by atoms with Crippen LogP contribution in [0.1, 0.15) is 12.0 Å². The molecule has 0 bridgehead atoms. The Bertz CT molecular complexity index is 421.